The van der Waals surface area contributed by atoms with Gasteiger partial charge in [-0.05, 0) is 38.1 Å². The van der Waals surface area contributed by atoms with Crippen LogP contribution in [-0.4, -0.2) is 61.7 Å². The fraction of sp³-hybridized carbons (Fsp3) is 0.409. The van der Waals surface area contributed by atoms with Gasteiger partial charge >= 0.3 is 0 Å². The molecule has 0 aliphatic carbocycles. The summed E-state index contributed by atoms with van der Waals surface area (Å²) in [7, 11) is 0. The van der Waals surface area contributed by atoms with E-state index in [1.54, 1.807) is 30.3 Å². The highest BCUT2D eigenvalue weighted by Gasteiger charge is 2.25. The third-order valence-electron chi connectivity index (χ3n) is 5.05. The highest BCUT2D eigenvalue weighted by molar-refractivity contribution is 6.30. The Morgan fingerprint density at radius 1 is 1.09 bits per heavy atom. The lowest BCUT2D eigenvalue weighted by Gasteiger charge is -2.35. The average molecular weight is 463 g/mol. The normalized spacial score (nSPS) is 14.2. The number of rotatable bonds is 9. The summed E-state index contributed by atoms with van der Waals surface area (Å²) >= 11 is 5.91. The van der Waals surface area contributed by atoms with E-state index < -0.39 is 4.92 Å². The van der Waals surface area contributed by atoms with Crippen LogP contribution in [0.25, 0.3) is 0 Å². The van der Waals surface area contributed by atoms with Crippen LogP contribution < -0.4 is 19.7 Å². The van der Waals surface area contributed by atoms with Gasteiger partial charge in [-0.1, -0.05) is 11.6 Å². The Bertz CT molecular complexity index is 963. The Balaban J connectivity index is 1.60. The molecule has 1 N–H and O–H groups in total. The molecule has 1 heterocycles. The first-order valence-electron chi connectivity index (χ1n) is 10.5. The molecular weight excluding hydrogens is 436 g/mol. The van der Waals surface area contributed by atoms with Crippen LogP contribution in [0.4, 0.5) is 17.1 Å². The number of piperazine rings is 1. The predicted molar refractivity (Wildman–Crippen MR) is 124 cm³/mol. The van der Waals surface area contributed by atoms with Gasteiger partial charge < -0.3 is 19.7 Å². The minimum Gasteiger partial charge on any atom is -0.494 e. The molecule has 1 amide bonds. The molecule has 3 rings (SSSR count). The summed E-state index contributed by atoms with van der Waals surface area (Å²) in [6, 6.07) is 10.0. The second-order valence-electron chi connectivity index (χ2n) is 7.23. The summed E-state index contributed by atoms with van der Waals surface area (Å²) in [6.45, 7) is 7.34. The zero-order valence-corrected chi connectivity index (χ0v) is 18.9. The number of benzene rings is 2. The summed E-state index contributed by atoms with van der Waals surface area (Å²) < 4.78 is 11.1. The molecule has 0 unspecified atom stereocenters. The van der Waals surface area contributed by atoms with Crippen molar-refractivity contribution < 1.29 is 19.2 Å². The van der Waals surface area contributed by atoms with E-state index in [9.17, 15) is 14.9 Å². The number of ether oxygens (including phenoxy) is 2. The maximum absolute atomic E-state index is 12.7. The molecule has 1 aliphatic rings. The van der Waals surface area contributed by atoms with Crippen LogP contribution in [0.2, 0.25) is 5.02 Å². The van der Waals surface area contributed by atoms with Gasteiger partial charge in [0, 0.05) is 43.3 Å². The standard InChI is InChI=1S/C22H27ClN4O5/c1-3-31-17-6-8-21(32-4-2)18(14-17)24-22(28)15-25-9-11-26(12-10-25)19-7-5-16(23)13-20(19)27(29)30/h5-8,13-14H,3-4,9-12,15H2,1-2H3,(H,24,28). The summed E-state index contributed by atoms with van der Waals surface area (Å²) in [6.07, 6.45) is 0. The van der Waals surface area contributed by atoms with Gasteiger partial charge in [-0.3, -0.25) is 19.8 Å². The van der Waals surface area contributed by atoms with Crippen molar-refractivity contribution in [2.75, 3.05) is 56.2 Å². The van der Waals surface area contributed by atoms with E-state index in [4.69, 9.17) is 21.1 Å². The molecule has 10 heteroatoms. The smallest absolute Gasteiger partial charge is 0.294 e. The number of nitro groups is 1. The van der Waals surface area contributed by atoms with Gasteiger partial charge in [-0.25, -0.2) is 0 Å². The van der Waals surface area contributed by atoms with E-state index in [1.165, 1.54) is 6.07 Å². The number of anilines is 2. The largest absolute Gasteiger partial charge is 0.494 e. The second-order valence-corrected chi connectivity index (χ2v) is 7.66. The van der Waals surface area contributed by atoms with Gasteiger partial charge in [-0.15, -0.1) is 0 Å². The lowest BCUT2D eigenvalue weighted by molar-refractivity contribution is -0.384. The monoisotopic (exact) mass is 462 g/mol. The van der Waals surface area contributed by atoms with Gasteiger partial charge in [0.2, 0.25) is 5.91 Å². The van der Waals surface area contributed by atoms with Gasteiger partial charge in [0.15, 0.2) is 0 Å². The van der Waals surface area contributed by atoms with Crippen molar-refractivity contribution in [3.05, 3.63) is 51.5 Å². The van der Waals surface area contributed by atoms with Crippen LogP contribution >= 0.6 is 11.6 Å². The van der Waals surface area contributed by atoms with Crippen LogP contribution in [0.15, 0.2) is 36.4 Å². The van der Waals surface area contributed by atoms with Crippen LogP contribution in [-0.2, 0) is 4.79 Å². The summed E-state index contributed by atoms with van der Waals surface area (Å²) in [5.74, 6) is 1.08. The fourth-order valence-electron chi connectivity index (χ4n) is 3.59. The van der Waals surface area contributed by atoms with E-state index in [1.807, 2.05) is 23.6 Å². The van der Waals surface area contributed by atoms with Crippen molar-refractivity contribution in [3.8, 4) is 11.5 Å². The zero-order chi connectivity index (χ0) is 23.1. The van der Waals surface area contributed by atoms with Crippen molar-refractivity contribution in [1.29, 1.82) is 0 Å². The third-order valence-corrected chi connectivity index (χ3v) is 5.29. The number of hydrogen-bond donors (Lipinski definition) is 1. The minimum atomic E-state index is -0.423. The lowest BCUT2D eigenvalue weighted by atomic mass is 10.2. The van der Waals surface area contributed by atoms with Crippen LogP contribution in [0.3, 0.4) is 0 Å². The minimum absolute atomic E-state index is 0.0127. The maximum atomic E-state index is 12.7. The maximum Gasteiger partial charge on any atom is 0.294 e. The Labute approximate surface area is 192 Å². The number of carbonyl (C=O) groups is 1. The molecule has 1 saturated heterocycles. The Morgan fingerprint density at radius 3 is 2.47 bits per heavy atom. The zero-order valence-electron chi connectivity index (χ0n) is 18.2. The average Bonchev–Trinajstić information content (AvgIpc) is 2.76. The summed E-state index contributed by atoms with van der Waals surface area (Å²) in [5.41, 5.74) is 1.09. The molecule has 0 saturated carbocycles. The van der Waals surface area contributed by atoms with Crippen molar-refractivity contribution >= 4 is 34.6 Å². The van der Waals surface area contributed by atoms with E-state index in [-0.39, 0.29) is 18.1 Å². The van der Waals surface area contributed by atoms with Crippen molar-refractivity contribution in [3.63, 3.8) is 0 Å². The third kappa shape index (κ3) is 6.02. The molecule has 2 aromatic carbocycles. The van der Waals surface area contributed by atoms with Crippen molar-refractivity contribution in [1.82, 2.24) is 4.90 Å². The number of nitrogens with zero attached hydrogens (tertiary/aromatic N) is 3. The molecule has 172 valence electrons. The molecule has 0 spiro atoms. The van der Waals surface area contributed by atoms with Crippen LogP contribution in [0.1, 0.15) is 13.8 Å². The number of nitrogens with one attached hydrogen (secondary N) is 1. The van der Waals surface area contributed by atoms with Gasteiger partial charge in [0.1, 0.15) is 17.2 Å². The SMILES string of the molecule is CCOc1ccc(OCC)c(NC(=O)CN2CCN(c3ccc(Cl)cc3[N+](=O)[O-])CC2)c1. The quantitative estimate of drug-likeness (QED) is 0.447. The molecule has 9 nitrogen and oxygen atoms in total. The first kappa shape index (κ1) is 23.6. The molecule has 32 heavy (non-hydrogen) atoms. The van der Waals surface area contributed by atoms with Crippen molar-refractivity contribution in [2.45, 2.75) is 13.8 Å². The molecule has 2 aromatic rings. The number of amides is 1. The fourth-order valence-corrected chi connectivity index (χ4v) is 3.76. The molecule has 0 atom stereocenters. The summed E-state index contributed by atoms with van der Waals surface area (Å²) in [4.78, 5) is 27.6. The van der Waals surface area contributed by atoms with Gasteiger partial charge in [0.25, 0.3) is 5.69 Å². The van der Waals surface area contributed by atoms with E-state index in [2.05, 4.69) is 5.32 Å². The number of halogens is 1. The first-order valence-corrected chi connectivity index (χ1v) is 10.9. The van der Waals surface area contributed by atoms with Gasteiger partial charge in [0.05, 0.1) is 30.4 Å². The van der Waals surface area contributed by atoms with E-state index >= 15 is 0 Å². The molecule has 1 aliphatic heterocycles. The molecule has 0 radical (unpaired) electrons. The molecule has 0 aromatic heterocycles. The lowest BCUT2D eigenvalue weighted by Crippen LogP contribution is -2.48. The van der Waals surface area contributed by atoms with Crippen LogP contribution in [0, 0.1) is 10.1 Å². The van der Waals surface area contributed by atoms with E-state index in [0.29, 0.717) is 67.3 Å². The molecule has 1 fully saturated rings. The number of nitro benzene ring substituents is 1. The second kappa shape index (κ2) is 11.0. The van der Waals surface area contributed by atoms with Crippen LogP contribution in [0.5, 0.6) is 11.5 Å². The first-order chi connectivity index (χ1) is 15.4. The Hall–Kier alpha value is -3.04. The van der Waals surface area contributed by atoms with E-state index in [0.717, 1.165) is 0 Å². The number of hydrogen-bond acceptors (Lipinski definition) is 7. The predicted octanol–water partition coefficient (Wildman–Crippen LogP) is 3.81. The highest BCUT2D eigenvalue weighted by Crippen LogP contribution is 2.32. The number of carbonyl (C=O) groups excluding carboxylic acids is 1. The Kier molecular flexibility index (Phi) is 8.13. The molecular formula is C22H27ClN4O5. The summed E-state index contributed by atoms with van der Waals surface area (Å²) in [5, 5.41) is 14.6. The van der Waals surface area contributed by atoms with Crippen molar-refractivity contribution in [2.24, 2.45) is 0 Å². The Morgan fingerprint density at radius 2 is 1.81 bits per heavy atom. The van der Waals surface area contributed by atoms with Gasteiger partial charge in [-0.2, -0.15) is 0 Å². The molecule has 0 bridgehead atoms. The topological polar surface area (TPSA) is 97.2 Å². The highest BCUT2D eigenvalue weighted by atomic mass is 35.5.